The van der Waals surface area contributed by atoms with E-state index in [1.165, 1.54) is 16.8 Å². The Kier molecular flexibility index (Phi) is 7.43. The maximum atomic E-state index is 6.21. The molecule has 0 bridgehead atoms. The van der Waals surface area contributed by atoms with Crippen LogP contribution < -0.4 is 15.0 Å². The molecule has 4 heteroatoms. The zero-order chi connectivity index (χ0) is 21.6. The van der Waals surface area contributed by atoms with Crippen LogP contribution in [0.3, 0.4) is 0 Å². The first-order valence-corrected chi connectivity index (χ1v) is 11.2. The maximum Gasteiger partial charge on any atom is 0.122 e. The van der Waals surface area contributed by atoms with E-state index in [4.69, 9.17) is 9.47 Å². The quantitative estimate of drug-likeness (QED) is 0.579. The van der Waals surface area contributed by atoms with Crippen molar-refractivity contribution in [2.75, 3.05) is 39.3 Å². The second kappa shape index (κ2) is 9.84. The Balaban J connectivity index is 1.72. The number of hydrogen-bond donors (Lipinski definition) is 1. The molecule has 30 heavy (non-hydrogen) atoms. The lowest BCUT2D eigenvalue weighted by Gasteiger charge is -2.47. The van der Waals surface area contributed by atoms with Crippen LogP contribution in [0, 0.1) is 0 Å². The van der Waals surface area contributed by atoms with Crippen molar-refractivity contribution in [2.24, 2.45) is 0 Å². The summed E-state index contributed by atoms with van der Waals surface area (Å²) < 4.78 is 12.0. The first kappa shape index (κ1) is 22.6. The topological polar surface area (TPSA) is 33.7 Å². The van der Waals surface area contributed by atoms with Crippen LogP contribution in [0.15, 0.2) is 48.5 Å². The molecule has 2 aromatic rings. The minimum Gasteiger partial charge on any atom is -0.496 e. The summed E-state index contributed by atoms with van der Waals surface area (Å²) in [6, 6.07) is 17.3. The highest BCUT2D eigenvalue weighted by atomic mass is 16.5. The van der Waals surface area contributed by atoms with Crippen LogP contribution in [0.2, 0.25) is 0 Å². The molecule has 0 aliphatic carbocycles. The fourth-order valence-corrected chi connectivity index (χ4v) is 4.71. The monoisotopic (exact) mass is 410 g/mol. The number of rotatable bonds is 9. The first-order chi connectivity index (χ1) is 14.4. The van der Waals surface area contributed by atoms with Crippen molar-refractivity contribution in [3.05, 3.63) is 59.7 Å². The molecule has 3 rings (SSSR count). The van der Waals surface area contributed by atoms with Gasteiger partial charge in [-0.25, -0.2) is 0 Å². The molecule has 0 spiro atoms. The molecule has 0 saturated carbocycles. The summed E-state index contributed by atoms with van der Waals surface area (Å²) in [6.45, 7) is 7.14. The second-order valence-corrected chi connectivity index (χ2v) is 9.05. The number of methoxy groups -OCH3 is 1. The minimum absolute atomic E-state index is 0.0669. The number of nitrogens with zero attached hydrogens (tertiary/aromatic N) is 1. The van der Waals surface area contributed by atoms with Gasteiger partial charge in [0.2, 0.25) is 0 Å². The molecule has 1 fully saturated rings. The molecule has 1 N–H and O–H groups in total. The number of benzene rings is 2. The van der Waals surface area contributed by atoms with Gasteiger partial charge in [0.05, 0.1) is 12.7 Å². The molecular formula is C26H38N2O2. The van der Waals surface area contributed by atoms with Crippen molar-refractivity contribution in [2.45, 2.75) is 57.1 Å². The van der Waals surface area contributed by atoms with Gasteiger partial charge in [0.25, 0.3) is 0 Å². The molecule has 2 atom stereocenters. The molecular weight excluding hydrogens is 372 g/mol. The van der Waals surface area contributed by atoms with Gasteiger partial charge >= 0.3 is 0 Å². The second-order valence-electron chi connectivity index (χ2n) is 9.05. The van der Waals surface area contributed by atoms with E-state index in [2.05, 4.69) is 86.7 Å². The molecule has 1 saturated heterocycles. The third-order valence-corrected chi connectivity index (χ3v) is 6.73. The molecule has 164 valence electrons. The lowest BCUT2D eigenvalue weighted by molar-refractivity contribution is -0.0982. The molecule has 0 amide bonds. The number of para-hydroxylation sites is 1. The predicted octanol–water partition coefficient (Wildman–Crippen LogP) is 5.16. The maximum absolute atomic E-state index is 6.21. The minimum atomic E-state index is -0.0822. The summed E-state index contributed by atoms with van der Waals surface area (Å²) in [5.41, 5.74) is 3.86. The summed E-state index contributed by atoms with van der Waals surface area (Å²) in [6.07, 6.45) is 4.15. The summed E-state index contributed by atoms with van der Waals surface area (Å²) in [4.78, 5) is 2.13. The molecule has 1 heterocycles. The lowest BCUT2D eigenvalue weighted by Crippen LogP contribution is -2.46. The van der Waals surface area contributed by atoms with Gasteiger partial charge in [-0.1, -0.05) is 37.3 Å². The molecule has 2 aromatic carbocycles. The molecule has 0 unspecified atom stereocenters. The van der Waals surface area contributed by atoms with Crippen molar-refractivity contribution in [3.63, 3.8) is 0 Å². The Hall–Kier alpha value is -2.04. The van der Waals surface area contributed by atoms with Crippen LogP contribution in [0.5, 0.6) is 5.75 Å². The fourth-order valence-electron chi connectivity index (χ4n) is 4.71. The van der Waals surface area contributed by atoms with Gasteiger partial charge in [-0.2, -0.15) is 0 Å². The van der Waals surface area contributed by atoms with E-state index in [0.29, 0.717) is 0 Å². The van der Waals surface area contributed by atoms with E-state index in [1.54, 1.807) is 7.11 Å². The molecule has 4 nitrogen and oxygen atoms in total. The highest BCUT2D eigenvalue weighted by molar-refractivity contribution is 5.46. The standard InChI is InChI=1S/C26H38N2O2/c1-6-25(2)20-26(16-18-30-25,23-9-7-8-10-24(23)29-5)15-17-27-19-21-11-13-22(14-12-21)28(3)4/h7-14,27H,6,15-20H2,1-5H3/t25-,26-/m1/s1. The van der Waals surface area contributed by atoms with Crippen LogP contribution in [-0.2, 0) is 16.7 Å². The molecule has 1 aliphatic rings. The summed E-state index contributed by atoms with van der Waals surface area (Å²) in [7, 11) is 5.92. The largest absolute Gasteiger partial charge is 0.496 e. The van der Waals surface area contributed by atoms with Crippen LogP contribution >= 0.6 is 0 Å². The van der Waals surface area contributed by atoms with Crippen molar-refractivity contribution in [1.82, 2.24) is 5.32 Å². The Morgan fingerprint density at radius 2 is 1.83 bits per heavy atom. The van der Waals surface area contributed by atoms with Gasteiger partial charge in [0, 0.05) is 43.9 Å². The van der Waals surface area contributed by atoms with E-state index in [1.807, 2.05) is 0 Å². The van der Waals surface area contributed by atoms with Crippen molar-refractivity contribution < 1.29 is 9.47 Å². The Morgan fingerprint density at radius 3 is 2.50 bits per heavy atom. The van der Waals surface area contributed by atoms with Crippen molar-refractivity contribution in [3.8, 4) is 5.75 Å². The average Bonchev–Trinajstić information content (AvgIpc) is 2.77. The average molecular weight is 411 g/mol. The van der Waals surface area contributed by atoms with Crippen molar-refractivity contribution in [1.29, 1.82) is 0 Å². The van der Waals surface area contributed by atoms with Crippen molar-refractivity contribution >= 4 is 5.69 Å². The van der Waals surface area contributed by atoms with Crippen LogP contribution in [-0.4, -0.2) is 40.0 Å². The third kappa shape index (κ3) is 5.16. The van der Waals surface area contributed by atoms with Gasteiger partial charge < -0.3 is 19.7 Å². The van der Waals surface area contributed by atoms with Crippen LogP contribution in [0.25, 0.3) is 0 Å². The number of nitrogens with one attached hydrogen (secondary N) is 1. The first-order valence-electron chi connectivity index (χ1n) is 11.2. The van der Waals surface area contributed by atoms with E-state index in [9.17, 15) is 0 Å². The van der Waals surface area contributed by atoms with Crippen LogP contribution in [0.1, 0.15) is 50.7 Å². The normalized spacial score (nSPS) is 23.9. The highest BCUT2D eigenvalue weighted by Gasteiger charge is 2.44. The van der Waals surface area contributed by atoms with Gasteiger partial charge in [-0.15, -0.1) is 0 Å². The number of anilines is 1. The summed E-state index contributed by atoms with van der Waals surface area (Å²) in [5, 5.41) is 3.68. The molecule has 0 radical (unpaired) electrons. The zero-order valence-electron chi connectivity index (χ0n) is 19.3. The van der Waals surface area contributed by atoms with Gasteiger partial charge in [0.1, 0.15) is 5.75 Å². The smallest absolute Gasteiger partial charge is 0.122 e. The third-order valence-electron chi connectivity index (χ3n) is 6.73. The lowest BCUT2D eigenvalue weighted by atomic mass is 9.66. The number of ether oxygens (including phenoxy) is 2. The Morgan fingerprint density at radius 1 is 1.10 bits per heavy atom. The van der Waals surface area contributed by atoms with Gasteiger partial charge in [-0.05, 0) is 62.9 Å². The van der Waals surface area contributed by atoms with Gasteiger partial charge in [-0.3, -0.25) is 0 Å². The highest BCUT2D eigenvalue weighted by Crippen LogP contribution is 2.47. The van der Waals surface area contributed by atoms with E-state index < -0.39 is 0 Å². The van der Waals surface area contributed by atoms with Crippen LogP contribution in [0.4, 0.5) is 5.69 Å². The Bertz CT molecular complexity index is 805. The zero-order valence-corrected chi connectivity index (χ0v) is 19.3. The molecule has 0 aromatic heterocycles. The Labute approximate surface area is 182 Å². The van der Waals surface area contributed by atoms with Gasteiger partial charge in [0.15, 0.2) is 0 Å². The summed E-state index contributed by atoms with van der Waals surface area (Å²) in [5.74, 6) is 0.997. The van der Waals surface area contributed by atoms with E-state index >= 15 is 0 Å². The van der Waals surface area contributed by atoms with E-state index in [0.717, 1.165) is 51.1 Å². The predicted molar refractivity (Wildman–Crippen MR) is 126 cm³/mol. The summed E-state index contributed by atoms with van der Waals surface area (Å²) >= 11 is 0. The fraction of sp³-hybridized carbons (Fsp3) is 0.538. The molecule has 1 aliphatic heterocycles. The SMILES string of the molecule is CC[C@]1(C)C[C@](CCNCc2ccc(N(C)C)cc2)(c2ccccc2OC)CCO1. The van der Waals surface area contributed by atoms with E-state index in [-0.39, 0.29) is 11.0 Å². The number of hydrogen-bond acceptors (Lipinski definition) is 4.